The van der Waals surface area contributed by atoms with E-state index >= 15 is 0 Å². The highest BCUT2D eigenvalue weighted by atomic mass is 16.6. The number of aliphatic hydroxyl groups excluding tert-OH is 10. The van der Waals surface area contributed by atoms with Crippen LogP contribution in [0.25, 0.3) is 0 Å². The molecule has 4 bridgehead atoms. The lowest BCUT2D eigenvalue weighted by Crippen LogP contribution is -2.45. The van der Waals surface area contributed by atoms with Crippen LogP contribution < -0.4 is 0 Å². The minimum Gasteiger partial charge on any atom is -0.459 e. The number of fused-ring (bicyclic) bond motifs is 4. The van der Waals surface area contributed by atoms with Gasteiger partial charge in [-0.05, 0) is 147 Å². The molecule has 20 heteroatoms. The first-order valence-electron chi connectivity index (χ1n) is 37.3. The largest absolute Gasteiger partial charge is 0.459 e. The van der Waals surface area contributed by atoms with Crippen molar-refractivity contribution in [3.05, 3.63) is 71.9 Å². The Morgan fingerprint density at radius 2 is 1.07 bits per heavy atom. The predicted octanol–water partition coefficient (Wildman–Crippen LogP) is 9.49. The summed E-state index contributed by atoms with van der Waals surface area (Å²) in [6, 6.07) is 0. The van der Waals surface area contributed by atoms with E-state index in [9.17, 15) is 55.9 Å². The summed E-state index contributed by atoms with van der Waals surface area (Å²) in [4.78, 5) is 13.9. The molecule has 0 aromatic heterocycles. The van der Waals surface area contributed by atoms with Crippen molar-refractivity contribution in [3.63, 3.8) is 0 Å². The molecule has 2 fully saturated rings. The van der Waals surface area contributed by atoms with Crippen LogP contribution >= 0.6 is 0 Å². The van der Waals surface area contributed by atoms with Crippen molar-refractivity contribution in [2.45, 2.75) is 333 Å². The van der Waals surface area contributed by atoms with Gasteiger partial charge in [0.15, 0.2) is 6.29 Å². The van der Waals surface area contributed by atoms with Crippen molar-refractivity contribution in [2.75, 3.05) is 27.9 Å². The second kappa shape index (κ2) is 43.5. The molecule has 98 heavy (non-hydrogen) atoms. The van der Waals surface area contributed by atoms with E-state index in [1.807, 2.05) is 98.8 Å². The summed E-state index contributed by atoms with van der Waals surface area (Å²) in [5, 5.41) is 116. The first-order chi connectivity index (χ1) is 46.4. The van der Waals surface area contributed by atoms with E-state index in [0.29, 0.717) is 50.5 Å². The molecule has 5 aliphatic heterocycles. The smallest absolute Gasteiger partial charge is 0.331 e. The Balaban J connectivity index is 1.36. The van der Waals surface area contributed by atoms with E-state index in [4.69, 9.17) is 42.6 Å². The maximum absolute atomic E-state index is 13.9. The monoisotopic (exact) mass is 1390 g/mol. The summed E-state index contributed by atoms with van der Waals surface area (Å²) in [7, 11) is 5.03. The fourth-order valence-electron chi connectivity index (χ4n) is 15.5. The number of esters is 1. The van der Waals surface area contributed by atoms with Crippen molar-refractivity contribution in [1.29, 1.82) is 0 Å². The van der Waals surface area contributed by atoms with E-state index in [-0.39, 0.29) is 106 Å². The number of ether oxygens (including phenoxy) is 9. The zero-order chi connectivity index (χ0) is 72.5. The fraction of sp³-hybridized carbons (Fsp3) is 0.833. The van der Waals surface area contributed by atoms with Crippen LogP contribution in [0, 0.1) is 53.3 Å². The van der Waals surface area contributed by atoms with Crippen LogP contribution in [0.4, 0.5) is 0 Å². The molecule has 2 saturated heterocycles. The number of hydrogen-bond acceptors (Lipinski definition) is 20. The first-order valence-corrected chi connectivity index (χ1v) is 37.3. The Bertz CT molecular complexity index is 2440. The van der Waals surface area contributed by atoms with Crippen LogP contribution in [0.1, 0.15) is 199 Å². The maximum Gasteiger partial charge on any atom is 0.331 e. The van der Waals surface area contributed by atoms with Crippen LogP contribution in [0.15, 0.2) is 71.9 Å². The van der Waals surface area contributed by atoms with Gasteiger partial charge in [0.25, 0.3) is 0 Å². The Kier molecular flexibility index (Phi) is 38.1. The van der Waals surface area contributed by atoms with Gasteiger partial charge < -0.3 is 93.7 Å². The third-order valence-electron chi connectivity index (χ3n) is 22.5. The summed E-state index contributed by atoms with van der Waals surface area (Å²) in [6.45, 7) is 22.3. The van der Waals surface area contributed by atoms with E-state index in [1.165, 1.54) is 12.2 Å². The number of carbonyl (C=O) groups excluding carboxylic acids is 1. The number of cyclic esters (lactones) is 1. The Morgan fingerprint density at radius 3 is 1.61 bits per heavy atom. The molecule has 0 aromatic carbocycles. The first kappa shape index (κ1) is 85.8. The van der Waals surface area contributed by atoms with Crippen molar-refractivity contribution >= 4 is 5.97 Å². The van der Waals surface area contributed by atoms with Gasteiger partial charge in [0.1, 0.15) is 6.10 Å². The maximum atomic E-state index is 13.9. The highest BCUT2D eigenvalue weighted by Gasteiger charge is 2.42. The fourth-order valence-corrected chi connectivity index (χ4v) is 15.5. The number of rotatable bonds is 18. The molecule has 5 heterocycles. The lowest BCUT2D eigenvalue weighted by molar-refractivity contribution is -0.159. The lowest BCUT2D eigenvalue weighted by Gasteiger charge is -2.38. The van der Waals surface area contributed by atoms with Gasteiger partial charge in [0, 0.05) is 89.3 Å². The zero-order valence-corrected chi connectivity index (χ0v) is 62.2. The average Bonchev–Trinajstić information content (AvgIpc) is 0.863. The normalized spacial score (nSPS) is 41.2. The number of hydrogen-bond donors (Lipinski definition) is 10. The summed E-state index contributed by atoms with van der Waals surface area (Å²) < 4.78 is 55.8. The van der Waals surface area contributed by atoms with Gasteiger partial charge in [-0.25, -0.2) is 4.79 Å². The molecule has 566 valence electrons. The molecule has 0 aliphatic carbocycles. The summed E-state index contributed by atoms with van der Waals surface area (Å²) in [6.07, 6.45) is 13.9. The van der Waals surface area contributed by atoms with Crippen molar-refractivity contribution in [2.24, 2.45) is 53.3 Å². The van der Waals surface area contributed by atoms with Gasteiger partial charge in [0.05, 0.1) is 122 Å². The standard InChI is InChI=1S/C78H134O20/c1-45-22-28-58(80)37-61-19-16-18-60(95-61)36-57(44-79)51(7)68(82)42-69(83)52(8)77(89)56(12)78(48(4)27-31-65-40-67(91-14)35-50(6)94-65)98-74(86)33-25-46(2)23-29-59(81)38-62-20-17-21-63(96-62)41-71(92-15)54(10)72(97-73(85)32-24-45)43-70(84)53(9)76(88)55(11)75(87)47(3)26-30-64-39-66(90-13)34-49(5)93-64/h16-17,19-20,22-25,32-33,47-73,75-85,87-89H,18,21,26-31,34-44H2,1-15H3/b32-24+,33-25+,45-22+,46-23+/t47?,48-,49-,50?,51?,52-,53?,54+,55?,56?,57?,58-,59?,60?,61?,62-,63?,64?,65?,66?,67?,68?,69?,70+,71?,72?,73?,75-,76?,77?,78?/m0/s1. The van der Waals surface area contributed by atoms with E-state index < -0.39 is 133 Å². The molecule has 10 N–H and O–H groups in total. The van der Waals surface area contributed by atoms with Crippen LogP contribution in [-0.2, 0) is 47.4 Å². The SMILES string of the molecule is COC1CC(C)OC(CC[C@H](C)C2OC(=O)/C=C/C(C)=C/CC(O)C[C@@H]3C=CCC(CC(OC)[C@@H](C)C(C[C@@H](O)C(C)C(O)C(C)[C@@H](O)C(C)CCC4CC(OC)C[C@H](C)O4)OC(O)/C=C/C(C)=C/C[C@H](O)CC4C=CCC(CC(CO)C(C)C(O)CC(O)[C@H](C)C(O)C2C)O4)O3)C1. The van der Waals surface area contributed by atoms with E-state index in [0.717, 1.165) is 37.7 Å². The summed E-state index contributed by atoms with van der Waals surface area (Å²) in [5.74, 6) is -5.03. The van der Waals surface area contributed by atoms with Crippen molar-refractivity contribution < 1.29 is 98.5 Å². The third-order valence-corrected chi connectivity index (χ3v) is 22.5. The average molecular weight is 1390 g/mol. The molecule has 5 rings (SSSR count). The van der Waals surface area contributed by atoms with Gasteiger partial charge in [-0.1, -0.05) is 115 Å². The van der Waals surface area contributed by atoms with Gasteiger partial charge in [-0.15, -0.1) is 0 Å². The van der Waals surface area contributed by atoms with Crippen LogP contribution in [0.5, 0.6) is 0 Å². The quantitative estimate of drug-likeness (QED) is 0.0451. The third kappa shape index (κ3) is 28.3. The highest BCUT2D eigenvalue weighted by Crippen LogP contribution is 2.37. The molecular formula is C78H134O20. The molecule has 5 aliphatic rings. The highest BCUT2D eigenvalue weighted by molar-refractivity contribution is 5.82. The van der Waals surface area contributed by atoms with Gasteiger partial charge in [-0.3, -0.25) is 0 Å². The number of allylic oxidation sites excluding steroid dienone is 4. The molecule has 0 aromatic rings. The topological polar surface area (TPSA) is 302 Å². The Morgan fingerprint density at radius 1 is 0.541 bits per heavy atom. The van der Waals surface area contributed by atoms with Crippen LogP contribution in [0.3, 0.4) is 0 Å². The van der Waals surface area contributed by atoms with E-state index in [1.54, 1.807) is 54.3 Å². The molecule has 31 atom stereocenters. The minimum absolute atomic E-state index is 0.00398. The van der Waals surface area contributed by atoms with Crippen molar-refractivity contribution in [1.82, 2.24) is 0 Å². The van der Waals surface area contributed by atoms with Crippen LogP contribution in [-0.4, -0.2) is 219 Å². The molecule has 0 saturated carbocycles. The van der Waals surface area contributed by atoms with Gasteiger partial charge >= 0.3 is 5.97 Å². The minimum atomic E-state index is -1.44. The second-order valence-electron chi connectivity index (χ2n) is 30.6. The van der Waals surface area contributed by atoms with E-state index in [2.05, 4.69) is 0 Å². The molecule has 0 spiro atoms. The number of methoxy groups -OCH3 is 3. The van der Waals surface area contributed by atoms with Crippen LogP contribution in [0.2, 0.25) is 0 Å². The molecular weight excluding hydrogens is 1260 g/mol. The Labute approximate surface area is 588 Å². The predicted molar refractivity (Wildman–Crippen MR) is 378 cm³/mol. The molecule has 23 unspecified atom stereocenters. The number of aliphatic hydroxyl groups is 10. The number of carbonyl (C=O) groups is 1. The lowest BCUT2D eigenvalue weighted by atomic mass is 9.78. The second-order valence-corrected chi connectivity index (χ2v) is 30.6. The molecule has 20 nitrogen and oxygen atoms in total. The molecule has 0 amide bonds. The molecule has 0 radical (unpaired) electrons. The zero-order valence-electron chi connectivity index (χ0n) is 62.2. The Hall–Kier alpha value is -2.81. The van der Waals surface area contributed by atoms with Crippen molar-refractivity contribution in [3.8, 4) is 0 Å². The van der Waals surface area contributed by atoms with Gasteiger partial charge in [-0.2, -0.15) is 0 Å². The van der Waals surface area contributed by atoms with Gasteiger partial charge in [0.2, 0.25) is 0 Å². The summed E-state index contributed by atoms with van der Waals surface area (Å²) in [5.41, 5.74) is 1.46. The summed E-state index contributed by atoms with van der Waals surface area (Å²) >= 11 is 0.